The fourth-order valence-corrected chi connectivity index (χ4v) is 4.31. The average Bonchev–Trinajstić information content (AvgIpc) is 3.49. The largest absolute Gasteiger partial charge is 0.492 e. The van der Waals surface area contributed by atoms with E-state index in [4.69, 9.17) is 25.9 Å². The van der Waals surface area contributed by atoms with Crippen molar-refractivity contribution < 1.29 is 19.1 Å². The van der Waals surface area contributed by atoms with Crippen LogP contribution in [-0.4, -0.2) is 57.6 Å². The number of rotatable bonds is 9. The van der Waals surface area contributed by atoms with Crippen molar-refractivity contribution in [2.75, 3.05) is 20.3 Å². The summed E-state index contributed by atoms with van der Waals surface area (Å²) in [6.07, 6.45) is 0.466. The van der Waals surface area contributed by atoms with Gasteiger partial charge >= 0.3 is 5.97 Å². The highest BCUT2D eigenvalue weighted by atomic mass is 16.5. The van der Waals surface area contributed by atoms with Gasteiger partial charge in [-0.2, -0.15) is 0 Å². The molecule has 0 atom stereocenters. The van der Waals surface area contributed by atoms with Crippen LogP contribution in [0, 0.1) is 0 Å². The molecule has 0 saturated heterocycles. The highest BCUT2D eigenvalue weighted by Crippen LogP contribution is 2.22. The zero-order valence-corrected chi connectivity index (χ0v) is 22.0. The van der Waals surface area contributed by atoms with E-state index in [1.165, 1.54) is 7.11 Å². The molecule has 5 aromatic rings. The summed E-state index contributed by atoms with van der Waals surface area (Å²) in [5.41, 5.74) is 15.7. The second kappa shape index (κ2) is 11.2. The number of nitrogens with one attached hydrogen (secondary N) is 2. The number of imidazole rings is 2. The molecule has 0 aliphatic heterocycles. The number of H-pyrrole nitrogens is 1. The number of amides is 1. The summed E-state index contributed by atoms with van der Waals surface area (Å²) in [6.45, 7) is 0.520. The lowest BCUT2D eigenvalue weighted by atomic mass is 10.2. The molecular formula is C28H28N8O4. The Morgan fingerprint density at radius 1 is 1.02 bits per heavy atom. The third-order valence-electron chi connectivity index (χ3n) is 6.25. The van der Waals surface area contributed by atoms with Crippen LogP contribution in [0.3, 0.4) is 0 Å². The lowest BCUT2D eigenvalue weighted by Crippen LogP contribution is -2.28. The van der Waals surface area contributed by atoms with Gasteiger partial charge in [0.2, 0.25) is 0 Å². The molecule has 2 aromatic heterocycles. The van der Waals surface area contributed by atoms with Crippen molar-refractivity contribution in [1.82, 2.24) is 24.8 Å². The van der Waals surface area contributed by atoms with Gasteiger partial charge in [-0.05, 0) is 54.6 Å². The number of carbonyl (C=O) groups is 2. The highest BCUT2D eigenvalue weighted by molar-refractivity contribution is 5.97. The van der Waals surface area contributed by atoms with E-state index in [0.29, 0.717) is 29.0 Å². The smallest absolute Gasteiger partial charge is 0.337 e. The maximum Gasteiger partial charge on any atom is 0.337 e. The number of benzene rings is 3. The van der Waals surface area contributed by atoms with Crippen molar-refractivity contribution in [2.45, 2.75) is 6.42 Å². The van der Waals surface area contributed by atoms with Gasteiger partial charge in [0.05, 0.1) is 53.4 Å². The lowest BCUT2D eigenvalue weighted by molar-refractivity contribution is 0.0600. The number of guanidine groups is 1. The molecule has 0 fully saturated rings. The van der Waals surface area contributed by atoms with E-state index in [-0.39, 0.29) is 25.0 Å². The molecule has 3 aromatic carbocycles. The summed E-state index contributed by atoms with van der Waals surface area (Å²) in [5.74, 6) is 1.36. The molecule has 0 unspecified atom stereocenters. The number of fused-ring (bicyclic) bond motifs is 2. The summed E-state index contributed by atoms with van der Waals surface area (Å²) in [7, 11) is 3.23. The van der Waals surface area contributed by atoms with Crippen LogP contribution in [0.25, 0.3) is 22.1 Å². The monoisotopic (exact) mass is 540 g/mol. The molecule has 204 valence electrons. The molecule has 1 amide bonds. The van der Waals surface area contributed by atoms with Crippen molar-refractivity contribution in [3.05, 3.63) is 83.4 Å². The zero-order chi connectivity index (χ0) is 28.2. The van der Waals surface area contributed by atoms with Gasteiger partial charge in [-0.1, -0.05) is 6.07 Å². The first-order valence-corrected chi connectivity index (χ1v) is 12.4. The van der Waals surface area contributed by atoms with Gasteiger partial charge in [0.25, 0.3) is 5.91 Å². The topological polar surface area (TPSA) is 176 Å². The molecule has 12 heteroatoms. The van der Waals surface area contributed by atoms with Crippen LogP contribution in [0.1, 0.15) is 32.4 Å². The van der Waals surface area contributed by atoms with Crippen LogP contribution < -0.4 is 21.5 Å². The summed E-state index contributed by atoms with van der Waals surface area (Å²) in [6, 6.07) is 17.5. The molecule has 0 aliphatic carbocycles. The molecule has 5 rings (SSSR count). The first-order chi connectivity index (χ1) is 19.3. The fraction of sp³-hybridized carbons (Fsp3) is 0.179. The SMILES string of the molecule is COC(=O)c1cccc(OCCNC(=O)c2ccc3nc(Cc4nc5ccc(N=C(N)N)cc5[nH]4)n(C)c3c2)c1. The summed E-state index contributed by atoms with van der Waals surface area (Å²) in [5, 5.41) is 2.85. The van der Waals surface area contributed by atoms with Crippen LogP contribution in [0.5, 0.6) is 5.75 Å². The van der Waals surface area contributed by atoms with Crippen molar-refractivity contribution in [3.8, 4) is 5.75 Å². The second-order valence-electron chi connectivity index (χ2n) is 9.01. The number of ether oxygens (including phenoxy) is 2. The normalized spacial score (nSPS) is 10.9. The van der Waals surface area contributed by atoms with Crippen LogP contribution in [0.2, 0.25) is 0 Å². The molecule has 0 bridgehead atoms. The number of hydrogen-bond acceptors (Lipinski definition) is 7. The standard InChI is InChI=1S/C28H28N8O4/c1-36-23-13-16(26(37)31-10-11-40-19-5-3-4-17(12-19)27(38)39-2)6-8-21(23)35-25(36)15-24-33-20-9-7-18(32-28(29)30)14-22(20)34-24/h3-9,12-14H,10-11,15H2,1-2H3,(H,31,37)(H,33,34)(H4,29,30,32). The average molecular weight is 541 g/mol. The Morgan fingerprint density at radius 2 is 1.85 bits per heavy atom. The Bertz CT molecular complexity index is 1750. The molecule has 12 nitrogen and oxygen atoms in total. The van der Waals surface area contributed by atoms with Crippen LogP contribution in [-0.2, 0) is 18.2 Å². The molecule has 0 saturated carbocycles. The van der Waals surface area contributed by atoms with Crippen molar-refractivity contribution in [3.63, 3.8) is 0 Å². The Morgan fingerprint density at radius 3 is 2.65 bits per heavy atom. The predicted molar refractivity (Wildman–Crippen MR) is 151 cm³/mol. The summed E-state index contributed by atoms with van der Waals surface area (Å²) >= 11 is 0. The van der Waals surface area contributed by atoms with Gasteiger partial charge in [0, 0.05) is 12.6 Å². The second-order valence-corrected chi connectivity index (χ2v) is 9.01. The number of aliphatic imine (C=N–C) groups is 1. The van der Waals surface area contributed by atoms with Gasteiger partial charge < -0.3 is 35.8 Å². The Hall–Kier alpha value is -5.39. The van der Waals surface area contributed by atoms with E-state index in [0.717, 1.165) is 33.7 Å². The highest BCUT2D eigenvalue weighted by Gasteiger charge is 2.14. The zero-order valence-electron chi connectivity index (χ0n) is 22.0. The minimum atomic E-state index is -0.442. The minimum absolute atomic E-state index is 0.0112. The summed E-state index contributed by atoms with van der Waals surface area (Å²) < 4.78 is 12.3. The van der Waals surface area contributed by atoms with Gasteiger partial charge in [0.15, 0.2) is 5.96 Å². The van der Waals surface area contributed by atoms with Crippen LogP contribution >= 0.6 is 0 Å². The molecule has 0 spiro atoms. The first kappa shape index (κ1) is 26.2. The number of nitrogens with two attached hydrogens (primary N) is 2. The van der Waals surface area contributed by atoms with Gasteiger partial charge in [-0.25, -0.2) is 19.8 Å². The maximum atomic E-state index is 12.8. The summed E-state index contributed by atoms with van der Waals surface area (Å²) in [4.78, 5) is 41.2. The van der Waals surface area contributed by atoms with Gasteiger partial charge in [-0.3, -0.25) is 4.79 Å². The lowest BCUT2D eigenvalue weighted by Gasteiger charge is -2.09. The minimum Gasteiger partial charge on any atom is -0.492 e. The number of hydrogen-bond donors (Lipinski definition) is 4. The molecule has 6 N–H and O–H groups in total. The number of carbonyl (C=O) groups excluding carboxylic acids is 2. The van der Waals surface area contributed by atoms with E-state index in [2.05, 4.69) is 20.3 Å². The Labute approximate surface area is 229 Å². The maximum absolute atomic E-state index is 12.8. The number of aromatic amines is 1. The molecule has 0 radical (unpaired) electrons. The third kappa shape index (κ3) is 5.70. The predicted octanol–water partition coefficient (Wildman–Crippen LogP) is 2.54. The molecule has 0 aliphatic rings. The Balaban J connectivity index is 1.23. The number of aryl methyl sites for hydroxylation is 1. The van der Waals surface area contributed by atoms with Crippen molar-refractivity contribution in [2.24, 2.45) is 23.5 Å². The number of nitrogens with zero attached hydrogens (tertiary/aromatic N) is 4. The van der Waals surface area contributed by atoms with E-state index in [9.17, 15) is 9.59 Å². The Kier molecular flexibility index (Phi) is 7.31. The third-order valence-corrected chi connectivity index (χ3v) is 6.25. The molecular weight excluding hydrogens is 512 g/mol. The number of esters is 1. The van der Waals surface area contributed by atoms with Crippen LogP contribution in [0.4, 0.5) is 5.69 Å². The quantitative estimate of drug-likeness (QED) is 0.0954. The number of methoxy groups -OCH3 is 1. The van der Waals surface area contributed by atoms with Crippen LogP contribution in [0.15, 0.2) is 65.7 Å². The molecule has 40 heavy (non-hydrogen) atoms. The van der Waals surface area contributed by atoms with E-state index in [1.807, 2.05) is 35.9 Å². The van der Waals surface area contributed by atoms with Crippen molar-refractivity contribution in [1.29, 1.82) is 0 Å². The van der Waals surface area contributed by atoms with Gasteiger partial charge in [-0.15, -0.1) is 0 Å². The van der Waals surface area contributed by atoms with E-state index in [1.54, 1.807) is 36.4 Å². The first-order valence-electron chi connectivity index (χ1n) is 12.4. The van der Waals surface area contributed by atoms with E-state index < -0.39 is 5.97 Å². The van der Waals surface area contributed by atoms with Gasteiger partial charge in [0.1, 0.15) is 24.0 Å². The van der Waals surface area contributed by atoms with E-state index >= 15 is 0 Å². The number of aromatic nitrogens is 4. The molecule has 2 heterocycles. The van der Waals surface area contributed by atoms with Crippen molar-refractivity contribution >= 4 is 45.6 Å². The fourth-order valence-electron chi connectivity index (χ4n) is 4.31.